The maximum Gasteiger partial charge on any atom is 0.408 e. The number of rotatable bonds is 10. The molecule has 2 aliphatic rings. The van der Waals surface area contributed by atoms with Gasteiger partial charge in [-0.1, -0.05) is 46.7 Å². The van der Waals surface area contributed by atoms with Crippen molar-refractivity contribution in [3.8, 4) is 17.2 Å². The number of esters is 1. The highest BCUT2D eigenvalue weighted by Gasteiger charge is 2.49. The van der Waals surface area contributed by atoms with Crippen LogP contribution in [-0.4, -0.2) is 95.2 Å². The highest BCUT2D eigenvalue weighted by molar-refractivity contribution is 14.1. The largest absolute Gasteiger partial charge is 0.504 e. The molecular weight excluding hydrogens is 1080 g/mol. The first-order valence-electron chi connectivity index (χ1n) is 20.0. The summed E-state index contributed by atoms with van der Waals surface area (Å²) < 4.78 is 32.4. The van der Waals surface area contributed by atoms with E-state index in [1.807, 2.05) is 90.3 Å². The summed E-state index contributed by atoms with van der Waals surface area (Å²) >= 11 is 9.08. The summed E-state index contributed by atoms with van der Waals surface area (Å²) in [5.41, 5.74) is 9.73. The second-order valence-electron chi connectivity index (χ2n) is 19.3. The third-order valence-electron chi connectivity index (χ3n) is 11.1. The zero-order valence-corrected chi connectivity index (χ0v) is 45.2. The van der Waals surface area contributed by atoms with Crippen molar-refractivity contribution in [2.24, 2.45) is 5.11 Å². The number of nitrogens with one attached hydrogen (secondary N) is 3. The van der Waals surface area contributed by atoms with Crippen LogP contribution in [0.25, 0.3) is 10.4 Å². The van der Waals surface area contributed by atoms with Gasteiger partial charge in [-0.25, -0.2) is 9.59 Å². The second kappa shape index (κ2) is 20.9. The van der Waals surface area contributed by atoms with Crippen LogP contribution < -0.4 is 20.7 Å². The van der Waals surface area contributed by atoms with Crippen molar-refractivity contribution in [2.75, 3.05) is 13.7 Å². The van der Waals surface area contributed by atoms with Gasteiger partial charge in [0.05, 0.1) is 38.4 Å². The zero-order valence-electron chi connectivity index (χ0n) is 37.9. The Bertz CT molecular complexity index is 2030. The van der Waals surface area contributed by atoms with Gasteiger partial charge in [0, 0.05) is 17.8 Å². The van der Waals surface area contributed by atoms with Crippen molar-refractivity contribution in [1.29, 1.82) is 0 Å². The van der Waals surface area contributed by atoms with E-state index >= 15 is 4.79 Å². The summed E-state index contributed by atoms with van der Waals surface area (Å²) in [6, 6.07) is 2.28. The first kappa shape index (κ1) is 53.4. The van der Waals surface area contributed by atoms with Gasteiger partial charge in [0.1, 0.15) is 23.7 Å². The lowest BCUT2D eigenvalue weighted by atomic mass is 10.0. The number of aromatic hydroxyl groups is 1. The van der Waals surface area contributed by atoms with Gasteiger partial charge in [-0.3, -0.25) is 9.59 Å². The number of benzene rings is 2. The molecule has 0 saturated carbocycles. The first-order valence-corrected chi connectivity index (χ1v) is 28.5. The second-order valence-corrected chi connectivity index (χ2v) is 31.6. The van der Waals surface area contributed by atoms with E-state index in [1.165, 1.54) is 7.11 Å². The third kappa shape index (κ3) is 14.3. The van der Waals surface area contributed by atoms with Crippen LogP contribution in [0.5, 0.6) is 17.2 Å². The number of halogens is 3. The van der Waals surface area contributed by atoms with Crippen molar-refractivity contribution >= 4 is 95.0 Å². The third-order valence-corrected chi connectivity index (χ3v) is 22.1. The molecule has 3 amide bonds. The van der Waals surface area contributed by atoms with Gasteiger partial charge in [0.25, 0.3) is 0 Å². The number of ether oxygens (including phenoxy) is 3. The Hall–Kier alpha value is -2.93. The molecular formula is C41H61Br2IN6O10Si2. The van der Waals surface area contributed by atoms with Gasteiger partial charge in [0.2, 0.25) is 11.8 Å². The highest BCUT2D eigenvalue weighted by atomic mass is 127. The maximum atomic E-state index is 15.2. The van der Waals surface area contributed by atoms with Crippen molar-refractivity contribution in [3.63, 3.8) is 0 Å². The molecule has 0 spiro atoms. The summed E-state index contributed by atoms with van der Waals surface area (Å²) in [5, 5.41) is 22.7. The number of methoxy groups -OCH3 is 1. The van der Waals surface area contributed by atoms with Crippen LogP contribution in [0.4, 0.5) is 4.79 Å². The van der Waals surface area contributed by atoms with Crippen molar-refractivity contribution < 1.29 is 47.3 Å². The lowest BCUT2D eigenvalue weighted by Crippen LogP contribution is -2.66. The molecule has 21 heteroatoms. The van der Waals surface area contributed by atoms with Crippen molar-refractivity contribution in [3.05, 3.63) is 58.4 Å². The van der Waals surface area contributed by atoms with E-state index in [-0.39, 0.29) is 35.9 Å². The Labute approximate surface area is 397 Å². The Morgan fingerprint density at radius 2 is 1.48 bits per heavy atom. The zero-order chi connectivity index (χ0) is 47.3. The van der Waals surface area contributed by atoms with E-state index < -0.39 is 81.5 Å². The van der Waals surface area contributed by atoms with Crippen LogP contribution in [0.1, 0.15) is 73.4 Å². The normalized spacial score (nSPS) is 19.1. The van der Waals surface area contributed by atoms with Crippen LogP contribution in [0.15, 0.2) is 38.3 Å². The lowest BCUT2D eigenvalue weighted by molar-refractivity contribution is -0.146. The predicted octanol–water partition coefficient (Wildman–Crippen LogP) is 9.54. The average Bonchev–Trinajstić information content (AvgIpc) is 3.11. The first-order chi connectivity index (χ1) is 28.3. The van der Waals surface area contributed by atoms with Crippen LogP contribution in [0.3, 0.4) is 0 Å². The number of hydrogen-bond donors (Lipinski definition) is 4. The van der Waals surface area contributed by atoms with Crippen molar-refractivity contribution in [1.82, 2.24) is 16.0 Å². The number of amides is 3. The molecule has 4 bridgehead atoms. The molecule has 62 heavy (non-hydrogen) atoms. The summed E-state index contributed by atoms with van der Waals surface area (Å²) in [5.74, 6) is -2.26. The van der Waals surface area contributed by atoms with Gasteiger partial charge in [-0.15, -0.1) is 0 Å². The fraction of sp³-hybridized carbons (Fsp3) is 0.610. The number of fused-ring (bicyclic) bond motifs is 10. The topological polar surface area (TPSA) is 220 Å². The molecule has 4 rings (SSSR count). The van der Waals surface area contributed by atoms with E-state index in [2.05, 4.69) is 57.8 Å². The molecule has 2 aromatic rings. The average molecular weight is 1140 g/mol. The van der Waals surface area contributed by atoms with Crippen LogP contribution in [0, 0.1) is 3.57 Å². The molecule has 0 aromatic heterocycles. The lowest BCUT2D eigenvalue weighted by Gasteiger charge is -2.46. The Balaban J connectivity index is 2.46. The number of carbonyl (C=O) groups is 4. The maximum absolute atomic E-state index is 15.2. The predicted molar refractivity (Wildman–Crippen MR) is 257 cm³/mol. The van der Waals surface area contributed by atoms with Crippen LogP contribution >= 0.6 is 54.5 Å². The molecule has 0 saturated heterocycles. The highest BCUT2D eigenvalue weighted by Crippen LogP contribution is 2.44. The number of nitrogens with zero attached hydrogens (tertiary/aromatic N) is 3. The van der Waals surface area contributed by atoms with Crippen LogP contribution in [-0.2, 0) is 45.6 Å². The van der Waals surface area contributed by atoms with E-state index in [9.17, 15) is 25.0 Å². The Morgan fingerprint density at radius 1 is 0.935 bits per heavy atom. The fourth-order valence-corrected chi connectivity index (χ4v) is 10.5. The van der Waals surface area contributed by atoms with E-state index in [1.54, 1.807) is 45.0 Å². The van der Waals surface area contributed by atoms with Crippen LogP contribution in [0.2, 0.25) is 36.3 Å². The number of azide groups is 1. The number of alkyl carbamates (subject to hydrolysis) is 1. The number of hydrogen-bond acceptors (Lipinski definition) is 11. The molecule has 2 aromatic carbocycles. The summed E-state index contributed by atoms with van der Waals surface area (Å²) in [4.78, 5) is 60.2. The molecule has 2 heterocycles. The SMILES string of the molecule is COC(=O)[C@@H]1Cc2cc(Br)c(c(Br)c2)Oc2cc(cc(I)c2O)C[C@H](NC(=O)OC(C)(C)C)C(=O)N[C@@H]([C@@H](O[Si](C)(C)C(C)(C)C)[C@H](CN=[N+]=[N-])O[Si](C)(C)C(C)(C)C)C(=O)N1. The molecule has 4 N–H and O–H groups in total. The smallest absolute Gasteiger partial charge is 0.408 e. The molecule has 2 aliphatic heterocycles. The van der Waals surface area contributed by atoms with Crippen molar-refractivity contribution in [2.45, 2.75) is 147 Å². The van der Waals surface area contributed by atoms with E-state index in [0.717, 1.165) is 0 Å². The fourth-order valence-electron chi connectivity index (χ4n) is 5.79. The summed E-state index contributed by atoms with van der Waals surface area (Å²) in [7, 11) is -4.46. The molecule has 0 fully saturated rings. The summed E-state index contributed by atoms with van der Waals surface area (Å²) in [6.07, 6.45) is -3.55. The number of carbonyl (C=O) groups excluding carboxylic acids is 4. The minimum absolute atomic E-state index is 0.0513. The van der Waals surface area contributed by atoms with Gasteiger partial charge in [-0.05, 0) is 152 Å². The van der Waals surface area contributed by atoms with Gasteiger partial charge in [0.15, 0.2) is 33.9 Å². The number of phenols is 1. The molecule has 5 atom stereocenters. The van der Waals surface area contributed by atoms with Gasteiger partial charge in [-0.2, -0.15) is 0 Å². The van der Waals surface area contributed by atoms with E-state index in [0.29, 0.717) is 29.4 Å². The Kier molecular flexibility index (Phi) is 18.0. The minimum atomic E-state index is -2.91. The molecule has 0 unspecified atom stereocenters. The minimum Gasteiger partial charge on any atom is -0.504 e. The Morgan fingerprint density at radius 3 is 2.00 bits per heavy atom. The van der Waals surface area contributed by atoms with E-state index in [4.69, 9.17) is 23.1 Å². The van der Waals surface area contributed by atoms with Gasteiger partial charge < -0.3 is 44.1 Å². The standard InChI is InChI=1S/C41H61Br2IN6O10Si2/c1-39(2,3)58-38(55)48-27-18-23-17-26(44)32(51)29(20-23)57-33-24(42)15-22(16-25(33)43)19-28(37(54)56-10)47-36(53)31(49-35(27)52)34(60-62(13,14)41(7,8)9)30(21-46-50-45)59-61(11,12)40(4,5)6/h15-17,20,27-28,30-31,34,51H,18-19,21H2,1-14H3,(H,47,53)(H,48,55)(H,49,52)/t27-,28-,30-,31-,34-/m0/s1. The van der Waals surface area contributed by atoms with Gasteiger partial charge >= 0.3 is 12.1 Å². The molecule has 0 radical (unpaired) electrons. The quantitative estimate of drug-likeness (QED) is 0.0441. The number of phenolic OH excluding ortho intramolecular Hbond substituents is 1. The molecule has 16 nitrogen and oxygen atoms in total. The monoisotopic (exact) mass is 1140 g/mol. The molecule has 0 aliphatic carbocycles. The summed E-state index contributed by atoms with van der Waals surface area (Å²) in [6.45, 7) is 24.9. The molecule has 344 valence electrons.